The largest absolute Gasteiger partial charge is 0.423 e. The molecule has 0 spiro atoms. The summed E-state index contributed by atoms with van der Waals surface area (Å²) in [5.41, 5.74) is 5.10. The van der Waals surface area contributed by atoms with Gasteiger partial charge in [0, 0.05) is 6.61 Å². The summed E-state index contributed by atoms with van der Waals surface area (Å²) >= 11 is 0. The number of benzene rings is 3. The van der Waals surface area contributed by atoms with E-state index in [4.69, 9.17) is 9.47 Å². The van der Waals surface area contributed by atoms with Gasteiger partial charge in [-0.25, -0.2) is 4.79 Å². The molecule has 41 heavy (non-hydrogen) atoms. The molecule has 0 amide bonds. The van der Waals surface area contributed by atoms with E-state index in [1.165, 1.54) is 56.9 Å². The van der Waals surface area contributed by atoms with Crippen LogP contribution < -0.4 is 4.74 Å². The summed E-state index contributed by atoms with van der Waals surface area (Å²) in [5.74, 6) is 0.801. The molecular weight excluding hydrogens is 504 g/mol. The van der Waals surface area contributed by atoms with Gasteiger partial charge in [-0.15, -0.1) is 0 Å². The van der Waals surface area contributed by atoms with Gasteiger partial charge >= 0.3 is 5.97 Å². The smallest absolute Gasteiger partial charge is 0.343 e. The molecule has 0 bridgehead atoms. The van der Waals surface area contributed by atoms with Crippen molar-refractivity contribution < 1.29 is 14.3 Å². The zero-order valence-corrected chi connectivity index (χ0v) is 26.0. The molecule has 0 aliphatic carbocycles. The van der Waals surface area contributed by atoms with Crippen molar-refractivity contribution in [1.82, 2.24) is 0 Å². The van der Waals surface area contributed by atoms with Crippen molar-refractivity contribution in [1.29, 1.82) is 0 Å². The van der Waals surface area contributed by atoms with E-state index in [0.717, 1.165) is 49.0 Å². The number of unbranched alkanes of at least 4 members (excludes halogenated alkanes) is 7. The highest BCUT2D eigenvalue weighted by Gasteiger charge is 2.18. The van der Waals surface area contributed by atoms with Gasteiger partial charge in [0.1, 0.15) is 5.75 Å². The first-order chi connectivity index (χ1) is 20.1. The molecule has 0 aliphatic rings. The van der Waals surface area contributed by atoms with Crippen LogP contribution in [0.1, 0.15) is 138 Å². The number of hydrogen-bond donors (Lipinski definition) is 0. The van der Waals surface area contributed by atoms with Gasteiger partial charge in [0.15, 0.2) is 0 Å². The fourth-order valence-corrected chi connectivity index (χ4v) is 5.48. The number of para-hydroxylation sites is 1. The summed E-state index contributed by atoms with van der Waals surface area (Å²) in [5, 5.41) is 0. The molecule has 3 nitrogen and oxygen atoms in total. The minimum Gasteiger partial charge on any atom is -0.423 e. The monoisotopic (exact) mass is 556 g/mol. The van der Waals surface area contributed by atoms with Crippen molar-refractivity contribution in [3.8, 4) is 16.9 Å². The molecule has 0 fully saturated rings. The maximum Gasteiger partial charge on any atom is 0.343 e. The molecule has 3 rings (SSSR count). The van der Waals surface area contributed by atoms with Crippen molar-refractivity contribution in [3.05, 3.63) is 89.5 Å². The Kier molecular flexibility index (Phi) is 14.7. The van der Waals surface area contributed by atoms with Crippen LogP contribution in [0.5, 0.6) is 5.75 Å². The second-order valence-corrected chi connectivity index (χ2v) is 11.4. The molecule has 3 heteroatoms. The lowest BCUT2D eigenvalue weighted by atomic mass is 9.89. The van der Waals surface area contributed by atoms with Crippen molar-refractivity contribution in [3.63, 3.8) is 0 Å². The standard InChI is InChI=1S/C38H52O3/c1-5-8-10-11-12-13-16-29-40-30(4)31-21-23-32(24-22-31)33-25-27-35(28-26-33)38(39)41-37-20-15-14-19-36(37)34(17-7-3)18-9-6-2/h14-15,19-28,30,34H,5-13,16-18,29H2,1-4H3. The van der Waals surface area contributed by atoms with Crippen LogP contribution in [0.4, 0.5) is 0 Å². The normalized spacial score (nSPS) is 12.7. The summed E-state index contributed by atoms with van der Waals surface area (Å²) < 4.78 is 12.0. The molecule has 2 unspecified atom stereocenters. The van der Waals surface area contributed by atoms with Crippen LogP contribution in [0, 0.1) is 0 Å². The average Bonchev–Trinajstić information content (AvgIpc) is 3.01. The first-order valence-electron chi connectivity index (χ1n) is 16.2. The first kappa shape index (κ1) is 32.6. The third-order valence-corrected chi connectivity index (χ3v) is 8.05. The molecule has 0 aromatic heterocycles. The van der Waals surface area contributed by atoms with Gasteiger partial charge in [0.2, 0.25) is 0 Å². The quantitative estimate of drug-likeness (QED) is 0.0836. The Morgan fingerprint density at radius 2 is 1.27 bits per heavy atom. The maximum absolute atomic E-state index is 13.1. The van der Waals surface area contributed by atoms with E-state index >= 15 is 0 Å². The zero-order valence-electron chi connectivity index (χ0n) is 26.0. The highest BCUT2D eigenvalue weighted by molar-refractivity contribution is 5.91. The number of carbonyl (C=O) groups is 1. The van der Waals surface area contributed by atoms with Gasteiger partial charge in [0.25, 0.3) is 0 Å². The van der Waals surface area contributed by atoms with Gasteiger partial charge in [-0.05, 0) is 72.6 Å². The summed E-state index contributed by atoms with van der Waals surface area (Å²) in [7, 11) is 0. The molecule has 2 atom stereocenters. The van der Waals surface area contributed by atoms with Gasteiger partial charge in [0.05, 0.1) is 11.7 Å². The lowest BCUT2D eigenvalue weighted by molar-refractivity contribution is 0.0627. The van der Waals surface area contributed by atoms with Crippen LogP contribution in [0.3, 0.4) is 0 Å². The van der Waals surface area contributed by atoms with E-state index in [1.54, 1.807) is 0 Å². The van der Waals surface area contributed by atoms with E-state index in [9.17, 15) is 4.79 Å². The van der Waals surface area contributed by atoms with Crippen LogP contribution in [0.25, 0.3) is 11.1 Å². The summed E-state index contributed by atoms with van der Waals surface area (Å²) in [6.07, 6.45) is 14.8. The molecule has 0 aliphatic heterocycles. The number of hydrogen-bond acceptors (Lipinski definition) is 3. The van der Waals surface area contributed by atoms with Crippen LogP contribution in [-0.2, 0) is 4.74 Å². The topological polar surface area (TPSA) is 35.5 Å². The van der Waals surface area contributed by atoms with E-state index in [0.29, 0.717) is 17.2 Å². The molecule has 0 saturated carbocycles. The molecule has 222 valence electrons. The van der Waals surface area contributed by atoms with E-state index in [2.05, 4.69) is 58.0 Å². The lowest BCUT2D eigenvalue weighted by Crippen LogP contribution is -2.11. The average molecular weight is 557 g/mol. The van der Waals surface area contributed by atoms with Crippen molar-refractivity contribution in [2.75, 3.05) is 6.61 Å². The molecule has 3 aromatic rings. The molecule has 0 radical (unpaired) electrons. The van der Waals surface area contributed by atoms with Gasteiger partial charge in [-0.3, -0.25) is 0 Å². The lowest BCUT2D eigenvalue weighted by Gasteiger charge is -2.19. The predicted molar refractivity (Wildman–Crippen MR) is 173 cm³/mol. The third kappa shape index (κ3) is 10.8. The number of ether oxygens (including phenoxy) is 2. The Labute approximate surface area is 249 Å². The van der Waals surface area contributed by atoms with Crippen LogP contribution in [0.15, 0.2) is 72.8 Å². The minimum absolute atomic E-state index is 0.0862. The summed E-state index contributed by atoms with van der Waals surface area (Å²) in [6, 6.07) is 24.3. The Hall–Kier alpha value is -2.91. The fourth-order valence-electron chi connectivity index (χ4n) is 5.48. The Bertz CT molecular complexity index is 1130. The number of esters is 1. The Balaban J connectivity index is 1.54. The Morgan fingerprint density at radius 3 is 1.93 bits per heavy atom. The van der Waals surface area contributed by atoms with E-state index < -0.39 is 0 Å². The maximum atomic E-state index is 13.1. The fraction of sp³-hybridized carbons (Fsp3) is 0.500. The molecule has 0 N–H and O–H groups in total. The van der Waals surface area contributed by atoms with Crippen molar-refractivity contribution in [2.45, 2.75) is 117 Å². The van der Waals surface area contributed by atoms with E-state index in [1.807, 2.05) is 42.5 Å². The van der Waals surface area contributed by atoms with Gasteiger partial charge < -0.3 is 9.47 Å². The van der Waals surface area contributed by atoms with Crippen molar-refractivity contribution >= 4 is 5.97 Å². The first-order valence-corrected chi connectivity index (χ1v) is 16.2. The number of carbonyl (C=O) groups excluding carboxylic acids is 1. The van der Waals surface area contributed by atoms with E-state index in [-0.39, 0.29) is 12.1 Å². The van der Waals surface area contributed by atoms with Gasteiger partial charge in [-0.2, -0.15) is 0 Å². The molecule has 0 saturated heterocycles. The van der Waals surface area contributed by atoms with Crippen LogP contribution >= 0.6 is 0 Å². The van der Waals surface area contributed by atoms with Crippen molar-refractivity contribution in [2.24, 2.45) is 0 Å². The molecular formula is C38H52O3. The third-order valence-electron chi connectivity index (χ3n) is 8.05. The number of rotatable bonds is 19. The summed E-state index contributed by atoms with van der Waals surface area (Å²) in [4.78, 5) is 13.1. The highest BCUT2D eigenvalue weighted by Crippen LogP contribution is 2.34. The SMILES string of the molecule is CCCCCCCCCOC(C)c1ccc(-c2ccc(C(=O)Oc3ccccc3C(CCC)CCCC)cc2)cc1. The Morgan fingerprint density at radius 1 is 0.659 bits per heavy atom. The molecule has 0 heterocycles. The zero-order chi connectivity index (χ0) is 29.3. The summed E-state index contributed by atoms with van der Waals surface area (Å²) in [6.45, 7) is 9.64. The highest BCUT2D eigenvalue weighted by atomic mass is 16.5. The second-order valence-electron chi connectivity index (χ2n) is 11.4. The minimum atomic E-state index is -0.308. The van der Waals surface area contributed by atoms with Crippen LogP contribution in [0.2, 0.25) is 0 Å². The van der Waals surface area contributed by atoms with Gasteiger partial charge in [-0.1, -0.05) is 133 Å². The predicted octanol–water partition coefficient (Wildman–Crippen LogP) is 11.5. The second kappa shape index (κ2) is 18.5. The molecule has 3 aromatic carbocycles. The van der Waals surface area contributed by atoms with Crippen LogP contribution in [-0.4, -0.2) is 12.6 Å².